The van der Waals surface area contributed by atoms with Crippen molar-refractivity contribution < 1.29 is 0 Å². The van der Waals surface area contributed by atoms with Gasteiger partial charge in [0.1, 0.15) is 0 Å². The van der Waals surface area contributed by atoms with Crippen molar-refractivity contribution in [2.75, 3.05) is 0 Å². The van der Waals surface area contributed by atoms with Gasteiger partial charge in [-0.25, -0.2) is 0 Å². The lowest BCUT2D eigenvalue weighted by atomic mass is 10.0. The van der Waals surface area contributed by atoms with Crippen molar-refractivity contribution in [3.63, 3.8) is 0 Å². The van der Waals surface area contributed by atoms with Gasteiger partial charge in [0, 0.05) is 0 Å². The van der Waals surface area contributed by atoms with Gasteiger partial charge in [-0.3, -0.25) is 0 Å². The summed E-state index contributed by atoms with van der Waals surface area (Å²) in [7, 11) is 0. The Morgan fingerprint density at radius 1 is 0.800 bits per heavy atom. The molecule has 1 saturated carbocycles. The maximum atomic E-state index is 2.26. The van der Waals surface area contributed by atoms with Crippen molar-refractivity contribution in [2.45, 2.75) is 81.2 Å². The Hall–Kier alpha value is 3.52. The SMILES string of the molecule is Br.Br.Br.Br.CCCCCC[CH2][AlH2].[AlH2][CH]1CCCCC1.[AlH3]. The first-order chi connectivity index (χ1) is 7.31. The summed E-state index contributed by atoms with van der Waals surface area (Å²) >= 11 is 2.86. The van der Waals surface area contributed by atoms with Crippen LogP contribution in [0.2, 0.25) is 10.1 Å². The molecule has 0 atom stereocenters. The first-order valence-corrected chi connectivity index (χ1v) is 9.88. The summed E-state index contributed by atoms with van der Waals surface area (Å²) in [6, 6.07) is 0. The van der Waals surface area contributed by atoms with Crippen molar-refractivity contribution in [2.24, 2.45) is 0 Å². The summed E-state index contributed by atoms with van der Waals surface area (Å²) in [5.74, 6) is 0. The molecule has 0 spiro atoms. The third kappa shape index (κ3) is 33.2. The summed E-state index contributed by atoms with van der Waals surface area (Å²) < 4.78 is 1.17. The van der Waals surface area contributed by atoms with E-state index in [0.29, 0.717) is 0 Å². The van der Waals surface area contributed by atoms with Gasteiger partial charge in [0.05, 0.1) is 0 Å². The number of halogens is 4. The van der Waals surface area contributed by atoms with E-state index in [9.17, 15) is 0 Å². The van der Waals surface area contributed by atoms with E-state index in [-0.39, 0.29) is 85.3 Å². The minimum atomic E-state index is 0. The molecule has 126 valence electrons. The molecule has 1 fully saturated rings. The van der Waals surface area contributed by atoms with E-state index >= 15 is 0 Å². The van der Waals surface area contributed by atoms with Gasteiger partial charge >= 0.3 is 0 Å². The standard InChI is InChI=1S/C7H15.C6H11.3Al.4BrH.7H/c1-3-5-7-6-4-2;1-2-4-6-5-3-1;;;;;;;;;;;;;;/h1,3-7H2,2H3;1H,2-6H2;;;;4*1H;;;;;;;. The van der Waals surface area contributed by atoms with E-state index in [1.807, 2.05) is 0 Å². The smallest absolute Gasteiger partial charge is 0.114 e. The Labute approximate surface area is 196 Å². The molecule has 1 aliphatic rings. The Bertz CT molecular complexity index is 120. The van der Waals surface area contributed by atoms with Gasteiger partial charge in [0.15, 0.2) is 17.4 Å². The van der Waals surface area contributed by atoms with E-state index < -0.39 is 0 Å². The molecule has 20 heavy (non-hydrogen) atoms. The van der Waals surface area contributed by atoms with Crippen LogP contribution in [0.1, 0.15) is 71.1 Å². The molecule has 0 aromatic rings. The predicted molar refractivity (Wildman–Crippen MR) is 129 cm³/mol. The molecule has 1 rings (SSSR count). The Kier molecular flexibility index (Phi) is 66.0. The van der Waals surface area contributed by atoms with E-state index in [1.165, 1.54) is 94.0 Å². The van der Waals surface area contributed by atoms with Crippen molar-refractivity contribution in [3.8, 4) is 0 Å². The van der Waals surface area contributed by atoms with Crippen molar-refractivity contribution in [1.82, 2.24) is 0 Å². The molecule has 0 unspecified atom stereocenters. The van der Waals surface area contributed by atoms with Crippen molar-refractivity contribution in [1.29, 1.82) is 0 Å². The van der Waals surface area contributed by atoms with Crippen LogP contribution in [0.15, 0.2) is 0 Å². The lowest BCUT2D eigenvalue weighted by Gasteiger charge is -2.15. The first kappa shape index (κ1) is 38.9. The molecule has 0 aromatic carbocycles. The molecular weight excluding hydrogens is 557 g/mol. The summed E-state index contributed by atoms with van der Waals surface area (Å²) in [5, 5.41) is 1.50. The monoisotopic (exact) mass is 590 g/mol. The van der Waals surface area contributed by atoms with Gasteiger partial charge in [-0.05, 0) is 0 Å². The van der Waals surface area contributed by atoms with Gasteiger partial charge in [0.25, 0.3) is 0 Å². The largest absolute Gasteiger partial charge is 0.216 e. The number of hydrogen-bond acceptors (Lipinski definition) is 0. The minimum absolute atomic E-state index is 0. The molecular formula is C13H37Al3Br4. The van der Waals surface area contributed by atoms with Crippen molar-refractivity contribution in [3.05, 3.63) is 0 Å². The third-order valence-electron chi connectivity index (χ3n) is 3.35. The molecule has 0 radical (unpaired) electrons. The van der Waals surface area contributed by atoms with Crippen LogP contribution in [0.25, 0.3) is 0 Å². The highest BCUT2D eigenvalue weighted by Gasteiger charge is 2.06. The molecule has 0 nitrogen and oxygen atoms in total. The minimum Gasteiger partial charge on any atom is -0.114 e. The average Bonchev–Trinajstić information content (AvgIpc) is 2.27. The predicted octanol–water partition coefficient (Wildman–Crippen LogP) is 4.51. The maximum Gasteiger partial charge on any atom is 0.216 e. The lowest BCUT2D eigenvalue weighted by molar-refractivity contribution is 0.504. The fourth-order valence-electron chi connectivity index (χ4n) is 2.16. The summed E-state index contributed by atoms with van der Waals surface area (Å²) in [6.45, 7) is 2.26. The van der Waals surface area contributed by atoms with Crippen LogP contribution in [0, 0.1) is 0 Å². The molecule has 1 aliphatic carbocycles. The van der Waals surface area contributed by atoms with Gasteiger partial charge < -0.3 is 0 Å². The molecule has 7 heteroatoms. The highest BCUT2D eigenvalue weighted by molar-refractivity contribution is 8.93. The van der Waals surface area contributed by atoms with Gasteiger partial charge in [0.2, 0.25) is 32.6 Å². The highest BCUT2D eigenvalue weighted by Crippen LogP contribution is 2.24. The summed E-state index contributed by atoms with van der Waals surface area (Å²) in [5.41, 5.74) is 0. The molecule has 0 saturated heterocycles. The highest BCUT2D eigenvalue weighted by atomic mass is 79.9. The zero-order valence-corrected chi connectivity index (χ0v) is 23.8. The summed E-state index contributed by atoms with van der Waals surface area (Å²) in [6.07, 6.45) is 14.9. The van der Waals surface area contributed by atoms with E-state index in [1.54, 1.807) is 12.8 Å². The fraction of sp³-hybridized carbons (Fsp3) is 1.00. The van der Waals surface area contributed by atoms with E-state index in [0.717, 1.165) is 0 Å². The molecule has 0 heterocycles. The zero-order chi connectivity index (χ0) is 11.4. The molecule has 0 aromatic heterocycles. The van der Waals surface area contributed by atoms with Crippen LogP contribution in [0.5, 0.6) is 0 Å². The number of rotatable bonds is 5. The lowest BCUT2D eigenvalue weighted by Crippen LogP contribution is -1.98. The van der Waals surface area contributed by atoms with Crippen LogP contribution in [0.3, 0.4) is 0 Å². The summed E-state index contributed by atoms with van der Waals surface area (Å²) in [4.78, 5) is 0. The molecule has 0 bridgehead atoms. The average molecular weight is 594 g/mol. The Morgan fingerprint density at radius 2 is 1.25 bits per heavy atom. The van der Waals surface area contributed by atoms with Crippen LogP contribution in [-0.2, 0) is 0 Å². The Balaban J connectivity index is -0.0000000393. The molecule has 0 amide bonds. The number of hydrogen-bond donors (Lipinski definition) is 0. The first-order valence-electron chi connectivity index (χ1n) is 7.31. The normalized spacial score (nSPS) is 12.7. The van der Waals surface area contributed by atoms with Crippen LogP contribution in [0.4, 0.5) is 0 Å². The topological polar surface area (TPSA) is 0 Å². The van der Waals surface area contributed by atoms with Crippen LogP contribution >= 0.6 is 67.9 Å². The fourth-order valence-corrected chi connectivity index (χ4v) is 3.48. The van der Waals surface area contributed by atoms with E-state index in [2.05, 4.69) is 6.92 Å². The second-order valence-electron chi connectivity index (χ2n) is 5.16. The third-order valence-corrected chi connectivity index (χ3v) is 5.21. The number of unbranched alkanes of at least 4 members (excludes halogenated alkanes) is 4. The van der Waals surface area contributed by atoms with Gasteiger partial charge in [-0.15, -0.1) is 73.2 Å². The quantitative estimate of drug-likeness (QED) is 0.325. The second-order valence-corrected chi connectivity index (χ2v) is 7.79. The van der Waals surface area contributed by atoms with Crippen LogP contribution in [-0.4, -0.2) is 49.9 Å². The molecule has 0 N–H and O–H groups in total. The van der Waals surface area contributed by atoms with Gasteiger partial charge in [-0.2, -0.15) is 0 Å². The Morgan fingerprint density at radius 3 is 1.55 bits per heavy atom. The second kappa shape index (κ2) is 34.0. The maximum absolute atomic E-state index is 2.26. The van der Waals surface area contributed by atoms with Crippen molar-refractivity contribution >= 4 is 118 Å². The zero-order valence-electron chi connectivity index (χ0n) is 13.0. The molecule has 0 aliphatic heterocycles. The van der Waals surface area contributed by atoms with Gasteiger partial charge in [-0.1, -0.05) is 75.9 Å². The van der Waals surface area contributed by atoms with Crippen LogP contribution < -0.4 is 0 Å². The van der Waals surface area contributed by atoms with E-state index in [4.69, 9.17) is 0 Å².